The molecule has 0 aromatic carbocycles. The van der Waals surface area contributed by atoms with Gasteiger partial charge in [-0.2, -0.15) is 0 Å². The molecule has 1 aromatic heterocycles. The Kier molecular flexibility index (Phi) is 5.37. The highest BCUT2D eigenvalue weighted by molar-refractivity contribution is 5.09. The number of nitrogens with two attached hydrogens (primary N) is 1. The van der Waals surface area contributed by atoms with E-state index in [1.165, 1.54) is 0 Å². The van der Waals surface area contributed by atoms with Crippen molar-refractivity contribution in [3.63, 3.8) is 0 Å². The van der Waals surface area contributed by atoms with E-state index >= 15 is 0 Å². The van der Waals surface area contributed by atoms with Gasteiger partial charge in [-0.1, -0.05) is 12.1 Å². The summed E-state index contributed by atoms with van der Waals surface area (Å²) in [4.78, 5) is 0. The SMILES string of the molecule is CCC(COC)n1nnc(CN)c1COC. The van der Waals surface area contributed by atoms with E-state index in [1.54, 1.807) is 14.2 Å². The Labute approximate surface area is 95.7 Å². The van der Waals surface area contributed by atoms with Crippen molar-refractivity contribution >= 4 is 0 Å². The highest BCUT2D eigenvalue weighted by Crippen LogP contribution is 2.16. The number of aromatic nitrogens is 3. The quantitative estimate of drug-likeness (QED) is 0.734. The summed E-state index contributed by atoms with van der Waals surface area (Å²) in [5, 5.41) is 8.18. The van der Waals surface area contributed by atoms with Crippen LogP contribution in [0.5, 0.6) is 0 Å². The lowest BCUT2D eigenvalue weighted by atomic mass is 10.2. The van der Waals surface area contributed by atoms with Crippen LogP contribution in [0.2, 0.25) is 0 Å². The molecule has 1 atom stereocenters. The van der Waals surface area contributed by atoms with E-state index in [-0.39, 0.29) is 6.04 Å². The molecule has 1 heterocycles. The van der Waals surface area contributed by atoms with Crippen molar-refractivity contribution in [1.29, 1.82) is 0 Å². The summed E-state index contributed by atoms with van der Waals surface area (Å²) in [6, 6.07) is 0.183. The summed E-state index contributed by atoms with van der Waals surface area (Å²) < 4.78 is 12.2. The second-order valence-corrected chi connectivity index (χ2v) is 3.58. The van der Waals surface area contributed by atoms with E-state index in [1.807, 2.05) is 4.68 Å². The minimum absolute atomic E-state index is 0.183. The maximum Gasteiger partial charge on any atom is 0.102 e. The molecule has 92 valence electrons. The second-order valence-electron chi connectivity index (χ2n) is 3.58. The first kappa shape index (κ1) is 13.1. The minimum Gasteiger partial charge on any atom is -0.382 e. The van der Waals surface area contributed by atoms with Crippen molar-refractivity contribution in [3.05, 3.63) is 11.4 Å². The molecule has 0 aliphatic heterocycles. The maximum absolute atomic E-state index is 5.61. The third-order valence-corrected chi connectivity index (χ3v) is 2.52. The molecule has 0 bridgehead atoms. The van der Waals surface area contributed by atoms with Crippen LogP contribution in [-0.4, -0.2) is 35.8 Å². The van der Waals surface area contributed by atoms with Gasteiger partial charge in [0.1, 0.15) is 5.69 Å². The molecular formula is C10H20N4O2. The number of ether oxygens (including phenoxy) is 2. The van der Waals surface area contributed by atoms with E-state index in [9.17, 15) is 0 Å². The van der Waals surface area contributed by atoms with Crippen LogP contribution < -0.4 is 5.73 Å². The topological polar surface area (TPSA) is 75.2 Å². The first-order valence-corrected chi connectivity index (χ1v) is 5.39. The van der Waals surface area contributed by atoms with Gasteiger partial charge in [0.2, 0.25) is 0 Å². The molecule has 0 saturated carbocycles. The Morgan fingerprint density at radius 3 is 2.62 bits per heavy atom. The van der Waals surface area contributed by atoms with Crippen molar-refractivity contribution in [2.45, 2.75) is 32.5 Å². The van der Waals surface area contributed by atoms with Crippen molar-refractivity contribution in [3.8, 4) is 0 Å². The first-order valence-electron chi connectivity index (χ1n) is 5.39. The average Bonchev–Trinajstić information content (AvgIpc) is 2.69. The second kappa shape index (κ2) is 6.57. The van der Waals surface area contributed by atoms with Gasteiger partial charge in [-0.05, 0) is 6.42 Å². The molecule has 16 heavy (non-hydrogen) atoms. The zero-order valence-corrected chi connectivity index (χ0v) is 10.1. The van der Waals surface area contributed by atoms with Crippen LogP contribution in [0.1, 0.15) is 30.8 Å². The number of hydrogen-bond acceptors (Lipinski definition) is 5. The zero-order chi connectivity index (χ0) is 12.0. The highest BCUT2D eigenvalue weighted by atomic mass is 16.5. The summed E-state index contributed by atoms with van der Waals surface area (Å²) in [5.41, 5.74) is 7.33. The van der Waals surface area contributed by atoms with Crippen molar-refractivity contribution in [2.75, 3.05) is 20.8 Å². The van der Waals surface area contributed by atoms with Crippen molar-refractivity contribution in [2.24, 2.45) is 5.73 Å². The fraction of sp³-hybridized carbons (Fsp3) is 0.800. The average molecular weight is 228 g/mol. The molecule has 6 heteroatoms. The van der Waals surface area contributed by atoms with Crippen LogP contribution in [0.3, 0.4) is 0 Å². The number of methoxy groups -OCH3 is 2. The van der Waals surface area contributed by atoms with Crippen LogP contribution in [0.25, 0.3) is 0 Å². The molecule has 0 aliphatic rings. The van der Waals surface area contributed by atoms with E-state index in [0.717, 1.165) is 17.8 Å². The lowest BCUT2D eigenvalue weighted by molar-refractivity contribution is 0.133. The Bertz CT molecular complexity index is 314. The molecule has 0 spiro atoms. The molecule has 2 N–H and O–H groups in total. The fourth-order valence-corrected chi connectivity index (χ4v) is 1.64. The van der Waals surface area contributed by atoms with Crippen molar-refractivity contribution < 1.29 is 9.47 Å². The van der Waals surface area contributed by atoms with Crippen LogP contribution in [0.15, 0.2) is 0 Å². The van der Waals surface area contributed by atoms with Gasteiger partial charge in [0.25, 0.3) is 0 Å². The van der Waals surface area contributed by atoms with Gasteiger partial charge in [-0.3, -0.25) is 0 Å². The third kappa shape index (κ3) is 2.78. The number of hydrogen-bond donors (Lipinski definition) is 1. The molecule has 0 amide bonds. The minimum atomic E-state index is 0.183. The van der Waals surface area contributed by atoms with Crippen molar-refractivity contribution in [1.82, 2.24) is 15.0 Å². The zero-order valence-electron chi connectivity index (χ0n) is 10.1. The first-order chi connectivity index (χ1) is 7.78. The largest absolute Gasteiger partial charge is 0.382 e. The molecule has 0 fully saturated rings. The Hall–Kier alpha value is -0.980. The summed E-state index contributed by atoms with van der Waals surface area (Å²) in [6.07, 6.45) is 0.928. The van der Waals surface area contributed by atoms with Crippen LogP contribution in [0, 0.1) is 0 Å². The fourth-order valence-electron chi connectivity index (χ4n) is 1.64. The summed E-state index contributed by atoms with van der Waals surface area (Å²) in [5.74, 6) is 0. The summed E-state index contributed by atoms with van der Waals surface area (Å²) >= 11 is 0. The lowest BCUT2D eigenvalue weighted by Gasteiger charge is -2.16. The normalized spacial score (nSPS) is 13.0. The summed E-state index contributed by atoms with van der Waals surface area (Å²) in [7, 11) is 3.33. The molecule has 0 radical (unpaired) electrons. The predicted molar refractivity (Wildman–Crippen MR) is 59.8 cm³/mol. The van der Waals surface area contributed by atoms with E-state index in [4.69, 9.17) is 15.2 Å². The van der Waals surface area contributed by atoms with Crippen LogP contribution in [-0.2, 0) is 22.6 Å². The van der Waals surface area contributed by atoms with Crippen LogP contribution in [0.4, 0.5) is 0 Å². The predicted octanol–water partition coefficient (Wildman–Crippen LogP) is 0.481. The Balaban J connectivity index is 2.96. The van der Waals surface area contributed by atoms with E-state index < -0.39 is 0 Å². The maximum atomic E-state index is 5.61. The third-order valence-electron chi connectivity index (χ3n) is 2.52. The lowest BCUT2D eigenvalue weighted by Crippen LogP contribution is -2.18. The Morgan fingerprint density at radius 1 is 1.38 bits per heavy atom. The molecule has 0 aliphatic carbocycles. The van der Waals surface area contributed by atoms with Gasteiger partial charge in [0, 0.05) is 20.8 Å². The highest BCUT2D eigenvalue weighted by Gasteiger charge is 2.17. The molecule has 1 rings (SSSR count). The molecule has 0 saturated heterocycles. The number of rotatable bonds is 7. The van der Waals surface area contributed by atoms with Gasteiger partial charge >= 0.3 is 0 Å². The monoisotopic (exact) mass is 228 g/mol. The van der Waals surface area contributed by atoms with E-state index in [2.05, 4.69) is 17.2 Å². The number of nitrogens with zero attached hydrogens (tertiary/aromatic N) is 3. The van der Waals surface area contributed by atoms with Crippen LogP contribution >= 0.6 is 0 Å². The Morgan fingerprint density at radius 2 is 2.12 bits per heavy atom. The van der Waals surface area contributed by atoms with Gasteiger partial charge in [-0.15, -0.1) is 5.10 Å². The smallest absolute Gasteiger partial charge is 0.102 e. The van der Waals surface area contributed by atoms with Gasteiger partial charge in [-0.25, -0.2) is 4.68 Å². The standard InChI is InChI=1S/C10H20N4O2/c1-4-8(6-15-2)14-10(7-16-3)9(5-11)12-13-14/h8H,4-7,11H2,1-3H3. The molecule has 6 nitrogen and oxygen atoms in total. The van der Waals surface area contributed by atoms with E-state index in [0.29, 0.717) is 19.8 Å². The van der Waals surface area contributed by atoms with Gasteiger partial charge in [0.05, 0.1) is 24.9 Å². The molecular weight excluding hydrogens is 208 g/mol. The summed E-state index contributed by atoms with van der Waals surface area (Å²) in [6.45, 7) is 3.55. The van der Waals surface area contributed by atoms with Gasteiger partial charge in [0.15, 0.2) is 0 Å². The molecule has 1 unspecified atom stereocenters. The van der Waals surface area contributed by atoms with Gasteiger partial charge < -0.3 is 15.2 Å². The molecule has 1 aromatic rings.